The van der Waals surface area contributed by atoms with Crippen molar-refractivity contribution in [2.45, 2.75) is 31.8 Å². The highest BCUT2D eigenvalue weighted by Crippen LogP contribution is 2.31. The molecular formula is C18H24N4O. The van der Waals surface area contributed by atoms with E-state index < -0.39 is 0 Å². The number of rotatable bonds is 6. The van der Waals surface area contributed by atoms with E-state index in [2.05, 4.69) is 27.2 Å². The molecular weight excluding hydrogens is 288 g/mol. The van der Waals surface area contributed by atoms with E-state index in [1.165, 1.54) is 29.7 Å². The molecule has 1 aliphatic carbocycles. The summed E-state index contributed by atoms with van der Waals surface area (Å²) in [4.78, 5) is 6.70. The maximum absolute atomic E-state index is 5.97. The van der Waals surface area contributed by atoms with E-state index in [-0.39, 0.29) is 0 Å². The third-order valence-electron chi connectivity index (χ3n) is 4.69. The van der Waals surface area contributed by atoms with E-state index in [4.69, 9.17) is 4.74 Å². The van der Waals surface area contributed by atoms with Crippen LogP contribution in [0, 0.1) is 5.92 Å². The van der Waals surface area contributed by atoms with Gasteiger partial charge in [-0.25, -0.2) is 0 Å². The van der Waals surface area contributed by atoms with Gasteiger partial charge in [-0.3, -0.25) is 14.6 Å². The maximum atomic E-state index is 5.97. The topological polar surface area (TPSA) is 43.2 Å². The predicted molar refractivity (Wildman–Crippen MR) is 87.8 cm³/mol. The second-order valence-corrected chi connectivity index (χ2v) is 6.92. The van der Waals surface area contributed by atoms with Crippen molar-refractivity contribution in [3.63, 3.8) is 0 Å². The normalized spacial score (nSPS) is 21.3. The van der Waals surface area contributed by atoms with Crippen LogP contribution in [0.5, 0.6) is 0 Å². The van der Waals surface area contributed by atoms with Crippen LogP contribution in [0.15, 0.2) is 30.7 Å². The summed E-state index contributed by atoms with van der Waals surface area (Å²) < 4.78 is 7.91. The monoisotopic (exact) mass is 312 g/mol. The molecule has 122 valence electrons. The SMILES string of the molecule is Cn1cc2c(n1)[C@H](COCC1CC1)CN(Cc1cccnc1)C2. The minimum atomic E-state index is 0.371. The van der Waals surface area contributed by atoms with Crippen LogP contribution in [-0.2, 0) is 24.9 Å². The average molecular weight is 312 g/mol. The summed E-state index contributed by atoms with van der Waals surface area (Å²) in [6.45, 7) is 4.59. The van der Waals surface area contributed by atoms with E-state index >= 15 is 0 Å². The molecule has 1 saturated carbocycles. The number of pyridine rings is 1. The van der Waals surface area contributed by atoms with Crippen molar-refractivity contribution in [2.24, 2.45) is 13.0 Å². The van der Waals surface area contributed by atoms with Gasteiger partial charge in [0.05, 0.1) is 12.3 Å². The van der Waals surface area contributed by atoms with Crippen LogP contribution in [-0.4, -0.2) is 39.4 Å². The first kappa shape index (κ1) is 14.8. The fourth-order valence-electron chi connectivity index (χ4n) is 3.39. The summed E-state index contributed by atoms with van der Waals surface area (Å²) in [5.74, 6) is 1.18. The molecule has 5 nitrogen and oxygen atoms in total. The average Bonchev–Trinajstić information content (AvgIpc) is 3.28. The number of aryl methyl sites for hydroxylation is 1. The Morgan fingerprint density at radius 3 is 3.00 bits per heavy atom. The number of hydrogen-bond acceptors (Lipinski definition) is 4. The molecule has 1 fully saturated rings. The molecule has 23 heavy (non-hydrogen) atoms. The first-order chi connectivity index (χ1) is 11.3. The molecule has 2 aromatic heterocycles. The van der Waals surface area contributed by atoms with Crippen LogP contribution in [0.3, 0.4) is 0 Å². The number of hydrogen-bond donors (Lipinski definition) is 0. The molecule has 0 spiro atoms. The number of nitrogens with zero attached hydrogens (tertiary/aromatic N) is 4. The van der Waals surface area contributed by atoms with Crippen LogP contribution in [0.1, 0.15) is 35.6 Å². The number of fused-ring (bicyclic) bond motifs is 1. The molecule has 0 bridgehead atoms. The molecule has 2 aromatic rings. The van der Waals surface area contributed by atoms with Gasteiger partial charge < -0.3 is 4.74 Å². The standard InChI is InChI=1S/C18H24N4O/c1-21-9-16-10-22(8-15-3-2-6-19-7-15)11-17(18(16)20-21)13-23-12-14-4-5-14/h2-3,6-7,9,14,17H,4-5,8,10-13H2,1H3/t17-/m0/s1. The first-order valence-corrected chi connectivity index (χ1v) is 8.49. The van der Waals surface area contributed by atoms with E-state index in [0.717, 1.165) is 38.8 Å². The summed E-state index contributed by atoms with van der Waals surface area (Å²) in [5.41, 5.74) is 3.82. The maximum Gasteiger partial charge on any atom is 0.0736 e. The molecule has 1 aliphatic heterocycles. The molecule has 5 heteroatoms. The Kier molecular flexibility index (Phi) is 4.14. The third kappa shape index (κ3) is 3.62. The lowest BCUT2D eigenvalue weighted by Gasteiger charge is -2.31. The van der Waals surface area contributed by atoms with Gasteiger partial charge in [0.2, 0.25) is 0 Å². The molecule has 0 amide bonds. The van der Waals surface area contributed by atoms with Crippen molar-refractivity contribution in [2.75, 3.05) is 19.8 Å². The summed E-state index contributed by atoms with van der Waals surface area (Å²) in [6, 6.07) is 4.15. The van der Waals surface area contributed by atoms with E-state index in [0.29, 0.717) is 5.92 Å². The van der Waals surface area contributed by atoms with Crippen LogP contribution >= 0.6 is 0 Å². The zero-order valence-electron chi connectivity index (χ0n) is 13.7. The second-order valence-electron chi connectivity index (χ2n) is 6.92. The zero-order valence-corrected chi connectivity index (χ0v) is 13.7. The fourth-order valence-corrected chi connectivity index (χ4v) is 3.39. The van der Waals surface area contributed by atoms with Gasteiger partial charge in [0, 0.05) is 63.4 Å². The van der Waals surface area contributed by atoms with Crippen molar-refractivity contribution in [1.82, 2.24) is 19.7 Å². The van der Waals surface area contributed by atoms with Crippen molar-refractivity contribution in [3.8, 4) is 0 Å². The minimum Gasteiger partial charge on any atom is -0.380 e. The van der Waals surface area contributed by atoms with Gasteiger partial charge in [0.15, 0.2) is 0 Å². The van der Waals surface area contributed by atoms with Gasteiger partial charge in [0.1, 0.15) is 0 Å². The molecule has 4 rings (SSSR count). The van der Waals surface area contributed by atoms with Crippen LogP contribution < -0.4 is 0 Å². The van der Waals surface area contributed by atoms with Crippen LogP contribution in [0.2, 0.25) is 0 Å². The summed E-state index contributed by atoms with van der Waals surface area (Å²) in [5, 5.41) is 4.69. The Hall–Kier alpha value is -1.72. The summed E-state index contributed by atoms with van der Waals surface area (Å²) >= 11 is 0. The van der Waals surface area contributed by atoms with Gasteiger partial charge in [-0.05, 0) is 30.4 Å². The lowest BCUT2D eigenvalue weighted by Crippen LogP contribution is -2.35. The number of ether oxygens (including phenoxy) is 1. The molecule has 0 radical (unpaired) electrons. The van der Waals surface area contributed by atoms with E-state index in [1.807, 2.05) is 30.2 Å². The van der Waals surface area contributed by atoms with Crippen molar-refractivity contribution in [1.29, 1.82) is 0 Å². The molecule has 1 atom stereocenters. The van der Waals surface area contributed by atoms with E-state index in [1.54, 1.807) is 0 Å². The highest BCUT2D eigenvalue weighted by atomic mass is 16.5. The highest BCUT2D eigenvalue weighted by Gasteiger charge is 2.29. The molecule has 2 aliphatic rings. The Balaban J connectivity index is 1.45. The Morgan fingerprint density at radius 2 is 2.22 bits per heavy atom. The van der Waals surface area contributed by atoms with Gasteiger partial charge in [-0.1, -0.05) is 6.07 Å². The minimum absolute atomic E-state index is 0.371. The van der Waals surface area contributed by atoms with Crippen molar-refractivity contribution in [3.05, 3.63) is 47.5 Å². The number of aromatic nitrogens is 3. The van der Waals surface area contributed by atoms with E-state index in [9.17, 15) is 0 Å². The summed E-state index contributed by atoms with van der Waals surface area (Å²) in [7, 11) is 2.01. The quantitative estimate of drug-likeness (QED) is 0.821. The van der Waals surface area contributed by atoms with Gasteiger partial charge in [-0.2, -0.15) is 5.10 Å². The zero-order chi connectivity index (χ0) is 15.6. The predicted octanol–water partition coefficient (Wildman–Crippen LogP) is 2.34. The molecule has 0 unspecified atom stereocenters. The third-order valence-corrected chi connectivity index (χ3v) is 4.69. The lowest BCUT2D eigenvalue weighted by molar-refractivity contribution is 0.0881. The molecule has 3 heterocycles. The van der Waals surface area contributed by atoms with Gasteiger partial charge in [0.25, 0.3) is 0 Å². The summed E-state index contributed by atoms with van der Waals surface area (Å²) in [6.07, 6.45) is 8.61. The Morgan fingerprint density at radius 1 is 1.30 bits per heavy atom. The Labute approximate surface area is 137 Å². The molecule has 0 aromatic carbocycles. The van der Waals surface area contributed by atoms with Gasteiger partial charge >= 0.3 is 0 Å². The van der Waals surface area contributed by atoms with Crippen molar-refractivity contribution < 1.29 is 4.74 Å². The largest absolute Gasteiger partial charge is 0.380 e. The highest BCUT2D eigenvalue weighted by molar-refractivity contribution is 5.25. The fraction of sp³-hybridized carbons (Fsp3) is 0.556. The first-order valence-electron chi connectivity index (χ1n) is 8.49. The lowest BCUT2D eigenvalue weighted by atomic mass is 9.97. The van der Waals surface area contributed by atoms with Crippen LogP contribution in [0.4, 0.5) is 0 Å². The van der Waals surface area contributed by atoms with Gasteiger partial charge in [-0.15, -0.1) is 0 Å². The smallest absolute Gasteiger partial charge is 0.0736 e. The molecule has 0 N–H and O–H groups in total. The molecule has 0 saturated heterocycles. The van der Waals surface area contributed by atoms with Crippen LogP contribution in [0.25, 0.3) is 0 Å². The Bertz CT molecular complexity index is 650. The second kappa shape index (κ2) is 6.42. The van der Waals surface area contributed by atoms with Crippen molar-refractivity contribution >= 4 is 0 Å².